The SMILES string of the molecule is C1=CCCC(c2nc(-c3ccc4c(c3)oc3ccccc34)nc(-c3ccccc3-c3cccc4oc5ccccc5c34)n2)=C1. The predicted molar refractivity (Wildman–Crippen MR) is 177 cm³/mol. The number of allylic oxidation sites excluding steroid dienone is 4. The van der Waals surface area contributed by atoms with Gasteiger partial charge in [-0.15, -0.1) is 0 Å². The average molecular weight is 568 g/mol. The molecule has 44 heavy (non-hydrogen) atoms. The Morgan fingerprint density at radius 3 is 2.02 bits per heavy atom. The van der Waals surface area contributed by atoms with Crippen LogP contribution < -0.4 is 0 Å². The normalized spacial score (nSPS) is 13.3. The molecule has 0 bridgehead atoms. The van der Waals surface area contributed by atoms with Crippen molar-refractivity contribution in [2.45, 2.75) is 12.8 Å². The molecule has 5 aromatic carbocycles. The van der Waals surface area contributed by atoms with Crippen molar-refractivity contribution in [2.75, 3.05) is 0 Å². The summed E-state index contributed by atoms with van der Waals surface area (Å²) in [5.74, 6) is 1.94. The molecule has 9 rings (SSSR count). The third-order valence-corrected chi connectivity index (χ3v) is 8.43. The zero-order valence-corrected chi connectivity index (χ0v) is 23.7. The van der Waals surface area contributed by atoms with Crippen LogP contribution in [0.5, 0.6) is 0 Å². The number of furan rings is 2. The van der Waals surface area contributed by atoms with E-state index in [4.69, 9.17) is 23.8 Å². The maximum absolute atomic E-state index is 6.23. The highest BCUT2D eigenvalue weighted by atomic mass is 16.3. The van der Waals surface area contributed by atoms with Gasteiger partial charge in [0.2, 0.25) is 0 Å². The number of hydrogen-bond donors (Lipinski definition) is 0. The second-order valence-electron chi connectivity index (χ2n) is 11.1. The van der Waals surface area contributed by atoms with Crippen LogP contribution in [0.2, 0.25) is 0 Å². The highest BCUT2D eigenvalue weighted by molar-refractivity contribution is 6.13. The van der Waals surface area contributed by atoms with Gasteiger partial charge in [-0.25, -0.2) is 15.0 Å². The minimum Gasteiger partial charge on any atom is -0.456 e. The van der Waals surface area contributed by atoms with Crippen molar-refractivity contribution in [2.24, 2.45) is 0 Å². The van der Waals surface area contributed by atoms with Crippen molar-refractivity contribution < 1.29 is 8.83 Å². The van der Waals surface area contributed by atoms with Gasteiger partial charge >= 0.3 is 0 Å². The molecule has 3 heterocycles. The number of rotatable bonds is 4. The first kappa shape index (κ1) is 24.8. The Hall–Kier alpha value is -5.81. The molecule has 1 aliphatic rings. The van der Waals surface area contributed by atoms with Gasteiger partial charge in [-0.05, 0) is 59.9 Å². The van der Waals surface area contributed by atoms with Crippen LogP contribution >= 0.6 is 0 Å². The Bertz CT molecular complexity index is 2460. The van der Waals surface area contributed by atoms with Crippen molar-refractivity contribution in [1.82, 2.24) is 15.0 Å². The van der Waals surface area contributed by atoms with Crippen molar-refractivity contribution in [3.63, 3.8) is 0 Å². The van der Waals surface area contributed by atoms with Crippen LogP contribution in [0.15, 0.2) is 136 Å². The summed E-state index contributed by atoms with van der Waals surface area (Å²) >= 11 is 0. The van der Waals surface area contributed by atoms with Crippen molar-refractivity contribution >= 4 is 49.5 Å². The molecule has 0 radical (unpaired) electrons. The molecule has 0 aliphatic heterocycles. The predicted octanol–water partition coefficient (Wildman–Crippen LogP) is 10.4. The Morgan fingerprint density at radius 2 is 1.16 bits per heavy atom. The second kappa shape index (κ2) is 9.89. The molecule has 1 aliphatic carbocycles. The molecule has 0 amide bonds. The van der Waals surface area contributed by atoms with Crippen LogP contribution in [0, 0.1) is 0 Å². The Morgan fingerprint density at radius 1 is 0.500 bits per heavy atom. The molecule has 8 aromatic rings. The fraction of sp³-hybridized carbons (Fsp3) is 0.0513. The number of para-hydroxylation sites is 2. The minimum absolute atomic E-state index is 0.615. The molecule has 5 nitrogen and oxygen atoms in total. The first-order valence-electron chi connectivity index (χ1n) is 14.8. The lowest BCUT2D eigenvalue weighted by atomic mass is 9.95. The van der Waals surface area contributed by atoms with Crippen molar-refractivity contribution in [3.05, 3.63) is 133 Å². The second-order valence-corrected chi connectivity index (χ2v) is 11.1. The van der Waals surface area contributed by atoms with E-state index in [0.717, 1.165) is 84.5 Å². The van der Waals surface area contributed by atoms with E-state index in [-0.39, 0.29) is 0 Å². The topological polar surface area (TPSA) is 65.0 Å². The summed E-state index contributed by atoms with van der Waals surface area (Å²) in [6, 6.07) is 37.1. The monoisotopic (exact) mass is 567 g/mol. The first-order valence-corrected chi connectivity index (χ1v) is 14.8. The fourth-order valence-corrected chi connectivity index (χ4v) is 6.34. The van der Waals surface area contributed by atoms with Crippen molar-refractivity contribution in [1.29, 1.82) is 0 Å². The highest BCUT2D eigenvalue weighted by Crippen LogP contribution is 2.40. The molecule has 0 fully saturated rings. The zero-order valence-electron chi connectivity index (χ0n) is 23.7. The first-order chi connectivity index (χ1) is 21.8. The van der Waals surface area contributed by atoms with E-state index in [1.54, 1.807) is 0 Å². The van der Waals surface area contributed by atoms with Gasteiger partial charge in [0, 0.05) is 32.7 Å². The van der Waals surface area contributed by atoms with Crippen LogP contribution in [0.4, 0.5) is 0 Å². The van der Waals surface area contributed by atoms with E-state index in [1.807, 2.05) is 54.6 Å². The van der Waals surface area contributed by atoms with Gasteiger partial charge in [0.1, 0.15) is 22.3 Å². The van der Waals surface area contributed by atoms with Crippen LogP contribution in [-0.2, 0) is 0 Å². The molecule has 0 saturated heterocycles. The zero-order chi connectivity index (χ0) is 29.0. The van der Waals surface area contributed by atoms with Gasteiger partial charge in [-0.2, -0.15) is 0 Å². The molecular weight excluding hydrogens is 542 g/mol. The highest BCUT2D eigenvalue weighted by Gasteiger charge is 2.20. The van der Waals surface area contributed by atoms with E-state index >= 15 is 0 Å². The molecule has 208 valence electrons. The number of hydrogen-bond acceptors (Lipinski definition) is 5. The standard InChI is InChI=1S/C39H25N3O2/c1-2-11-24(12-3-1)37-40-38(25-21-22-28-27-14-6-8-18-32(27)44-35(28)23-25)42-39(41-37)30-15-5-4-13-26(30)29-17-10-20-34-36(29)31-16-7-9-19-33(31)43-34/h1-2,4-11,13-23H,3,12H2. The maximum Gasteiger partial charge on any atom is 0.164 e. The summed E-state index contributed by atoms with van der Waals surface area (Å²) in [7, 11) is 0. The largest absolute Gasteiger partial charge is 0.456 e. The van der Waals surface area contributed by atoms with Gasteiger partial charge < -0.3 is 8.83 Å². The number of benzene rings is 5. The Labute approximate surface area is 252 Å². The third kappa shape index (κ3) is 3.97. The van der Waals surface area contributed by atoms with Gasteiger partial charge in [0.25, 0.3) is 0 Å². The molecular formula is C39H25N3O2. The lowest BCUT2D eigenvalue weighted by Crippen LogP contribution is -2.04. The molecule has 0 atom stereocenters. The maximum atomic E-state index is 6.23. The lowest BCUT2D eigenvalue weighted by molar-refractivity contribution is 0.668. The molecule has 0 spiro atoms. The summed E-state index contributed by atoms with van der Waals surface area (Å²) in [6.45, 7) is 0. The third-order valence-electron chi connectivity index (χ3n) is 8.43. The molecule has 5 heteroatoms. The lowest BCUT2D eigenvalue weighted by Gasteiger charge is -2.14. The summed E-state index contributed by atoms with van der Waals surface area (Å²) in [6.07, 6.45) is 8.20. The van der Waals surface area contributed by atoms with Crippen molar-refractivity contribution in [3.8, 4) is 33.9 Å². The summed E-state index contributed by atoms with van der Waals surface area (Å²) in [5, 5.41) is 4.34. The number of nitrogens with zero attached hydrogens (tertiary/aromatic N) is 3. The molecule has 0 saturated carbocycles. The quantitative estimate of drug-likeness (QED) is 0.212. The van der Waals surface area contributed by atoms with Gasteiger partial charge in [0.15, 0.2) is 17.5 Å². The van der Waals surface area contributed by atoms with Gasteiger partial charge in [-0.1, -0.05) is 97.1 Å². The van der Waals surface area contributed by atoms with Crippen LogP contribution in [0.3, 0.4) is 0 Å². The van der Waals surface area contributed by atoms with E-state index in [9.17, 15) is 0 Å². The van der Waals surface area contributed by atoms with Gasteiger partial charge in [0.05, 0.1) is 0 Å². The van der Waals surface area contributed by atoms with Crippen LogP contribution in [0.1, 0.15) is 18.7 Å². The van der Waals surface area contributed by atoms with Crippen LogP contribution in [-0.4, -0.2) is 15.0 Å². The van der Waals surface area contributed by atoms with E-state index in [0.29, 0.717) is 17.5 Å². The van der Waals surface area contributed by atoms with Crippen LogP contribution in [0.25, 0.3) is 83.4 Å². The number of fused-ring (bicyclic) bond motifs is 6. The summed E-state index contributed by atoms with van der Waals surface area (Å²) in [5.41, 5.74) is 8.44. The Kier molecular flexibility index (Phi) is 5.56. The molecule has 0 N–H and O–H groups in total. The molecule has 0 unspecified atom stereocenters. The Balaban J connectivity index is 1.27. The van der Waals surface area contributed by atoms with E-state index < -0.39 is 0 Å². The summed E-state index contributed by atoms with van der Waals surface area (Å²) in [4.78, 5) is 15.2. The minimum atomic E-state index is 0.615. The van der Waals surface area contributed by atoms with E-state index in [2.05, 4.69) is 72.8 Å². The molecule has 3 aromatic heterocycles. The van der Waals surface area contributed by atoms with Gasteiger partial charge in [-0.3, -0.25) is 0 Å². The smallest absolute Gasteiger partial charge is 0.164 e. The van der Waals surface area contributed by atoms with E-state index in [1.165, 1.54) is 0 Å². The summed E-state index contributed by atoms with van der Waals surface area (Å²) < 4.78 is 12.4. The fourth-order valence-electron chi connectivity index (χ4n) is 6.34. The average Bonchev–Trinajstić information content (AvgIpc) is 3.66. The number of aromatic nitrogens is 3.